The molecule has 1 atom stereocenters. The second kappa shape index (κ2) is 10.3. The number of carbonyl (C=O) groups excluding carboxylic acids is 1. The second-order valence-corrected chi connectivity index (χ2v) is 10.2. The van der Waals surface area contributed by atoms with Gasteiger partial charge in [0.05, 0.1) is 17.4 Å². The SMILES string of the molecule is CCOc1ccc(-c2nnc(SC(C)C(=O)Nc3sc4c(c3C#N)CCCCC4)n2N)cc1. The summed E-state index contributed by atoms with van der Waals surface area (Å²) in [4.78, 5) is 14.1. The molecule has 0 spiro atoms. The minimum atomic E-state index is -0.474. The third-order valence-electron chi connectivity index (χ3n) is 5.51. The lowest BCUT2D eigenvalue weighted by Gasteiger charge is -2.11. The van der Waals surface area contributed by atoms with Gasteiger partial charge in [-0.1, -0.05) is 18.2 Å². The third-order valence-corrected chi connectivity index (χ3v) is 7.77. The Morgan fingerprint density at radius 3 is 2.79 bits per heavy atom. The van der Waals surface area contributed by atoms with Gasteiger partial charge in [0.1, 0.15) is 16.8 Å². The predicted molar refractivity (Wildman–Crippen MR) is 131 cm³/mol. The van der Waals surface area contributed by atoms with Gasteiger partial charge in [-0.25, -0.2) is 4.68 Å². The summed E-state index contributed by atoms with van der Waals surface area (Å²) in [6.45, 7) is 4.31. The predicted octanol–water partition coefficient (Wildman–Crippen LogP) is 4.38. The fraction of sp³-hybridized carbons (Fsp3) is 0.391. The number of nitrogens with one attached hydrogen (secondary N) is 1. The van der Waals surface area contributed by atoms with Crippen LogP contribution in [0.1, 0.15) is 49.1 Å². The van der Waals surface area contributed by atoms with Gasteiger partial charge in [-0.15, -0.1) is 21.5 Å². The molecule has 0 bridgehead atoms. The number of anilines is 1. The number of amides is 1. The van der Waals surface area contributed by atoms with Crippen LogP contribution in [0.4, 0.5) is 5.00 Å². The van der Waals surface area contributed by atoms with Crippen molar-refractivity contribution in [2.24, 2.45) is 0 Å². The van der Waals surface area contributed by atoms with Crippen molar-refractivity contribution in [1.82, 2.24) is 14.9 Å². The van der Waals surface area contributed by atoms with Crippen LogP contribution in [0, 0.1) is 11.3 Å². The molecule has 1 aromatic carbocycles. The summed E-state index contributed by atoms with van der Waals surface area (Å²) in [7, 11) is 0. The average molecular weight is 483 g/mol. The number of nitrogens with zero attached hydrogens (tertiary/aromatic N) is 4. The Kier molecular flexibility index (Phi) is 7.20. The number of nitrogens with two attached hydrogens (primary N) is 1. The van der Waals surface area contributed by atoms with E-state index in [1.807, 2.05) is 31.2 Å². The van der Waals surface area contributed by atoms with Crippen LogP contribution < -0.4 is 15.9 Å². The number of nitrogen functional groups attached to an aromatic ring is 1. The van der Waals surface area contributed by atoms with Gasteiger partial charge in [0.15, 0.2) is 5.82 Å². The number of aryl methyl sites for hydroxylation is 1. The number of thiophene rings is 1. The van der Waals surface area contributed by atoms with Crippen molar-refractivity contribution < 1.29 is 9.53 Å². The first-order valence-electron chi connectivity index (χ1n) is 11.0. The molecule has 10 heteroatoms. The van der Waals surface area contributed by atoms with Gasteiger partial charge < -0.3 is 15.9 Å². The maximum Gasteiger partial charge on any atom is 0.238 e. The van der Waals surface area contributed by atoms with Crippen LogP contribution in [0.5, 0.6) is 5.75 Å². The van der Waals surface area contributed by atoms with Crippen molar-refractivity contribution in [3.05, 3.63) is 40.3 Å². The van der Waals surface area contributed by atoms with E-state index in [1.165, 1.54) is 39.1 Å². The average Bonchev–Trinajstić information content (AvgIpc) is 3.24. The zero-order chi connectivity index (χ0) is 23.4. The largest absolute Gasteiger partial charge is 0.494 e. The number of rotatable bonds is 7. The van der Waals surface area contributed by atoms with E-state index in [9.17, 15) is 10.1 Å². The number of ether oxygens (including phenoxy) is 1. The molecular formula is C23H26N6O2S2. The Bertz CT molecular complexity index is 1180. The van der Waals surface area contributed by atoms with Gasteiger partial charge in [-0.05, 0) is 69.4 Å². The van der Waals surface area contributed by atoms with Crippen LogP contribution in [-0.2, 0) is 17.6 Å². The van der Waals surface area contributed by atoms with Crippen molar-refractivity contribution in [2.45, 2.75) is 56.4 Å². The molecular weight excluding hydrogens is 456 g/mol. The van der Waals surface area contributed by atoms with Crippen molar-refractivity contribution in [3.8, 4) is 23.2 Å². The van der Waals surface area contributed by atoms with Crippen molar-refractivity contribution in [3.63, 3.8) is 0 Å². The van der Waals surface area contributed by atoms with Crippen molar-refractivity contribution in [2.75, 3.05) is 17.8 Å². The number of benzene rings is 1. The van der Waals surface area contributed by atoms with Gasteiger partial charge in [0, 0.05) is 10.4 Å². The highest BCUT2D eigenvalue weighted by atomic mass is 32.2. The number of nitriles is 1. The van der Waals surface area contributed by atoms with E-state index >= 15 is 0 Å². The van der Waals surface area contributed by atoms with E-state index in [2.05, 4.69) is 21.6 Å². The van der Waals surface area contributed by atoms with Crippen LogP contribution in [0.25, 0.3) is 11.4 Å². The zero-order valence-electron chi connectivity index (χ0n) is 18.6. The molecule has 0 radical (unpaired) electrons. The Morgan fingerprint density at radius 1 is 1.30 bits per heavy atom. The zero-order valence-corrected chi connectivity index (χ0v) is 20.3. The van der Waals surface area contributed by atoms with E-state index in [1.54, 1.807) is 6.92 Å². The molecule has 3 aromatic rings. The summed E-state index contributed by atoms with van der Waals surface area (Å²) >= 11 is 2.75. The quantitative estimate of drug-likeness (QED) is 0.291. The molecule has 172 valence electrons. The third kappa shape index (κ3) is 4.99. The summed E-state index contributed by atoms with van der Waals surface area (Å²) in [5.41, 5.74) is 2.52. The summed E-state index contributed by atoms with van der Waals surface area (Å²) < 4.78 is 6.85. The van der Waals surface area contributed by atoms with Crippen molar-refractivity contribution in [1.29, 1.82) is 5.26 Å². The normalized spacial score (nSPS) is 14.1. The number of carbonyl (C=O) groups is 1. The first-order chi connectivity index (χ1) is 16.0. The van der Waals surface area contributed by atoms with Gasteiger partial charge in [0.25, 0.3) is 0 Å². The molecule has 0 saturated heterocycles. The molecule has 2 heterocycles. The van der Waals surface area contributed by atoms with Gasteiger partial charge in [-0.3, -0.25) is 4.79 Å². The van der Waals surface area contributed by atoms with Gasteiger partial charge >= 0.3 is 0 Å². The highest BCUT2D eigenvalue weighted by molar-refractivity contribution is 8.00. The highest BCUT2D eigenvalue weighted by Crippen LogP contribution is 2.37. The van der Waals surface area contributed by atoms with Crippen LogP contribution in [-0.4, -0.2) is 32.6 Å². The first kappa shape index (κ1) is 23.1. The molecule has 1 unspecified atom stereocenters. The van der Waals surface area contributed by atoms with E-state index in [0.717, 1.165) is 42.6 Å². The Hall–Kier alpha value is -3.03. The molecule has 33 heavy (non-hydrogen) atoms. The van der Waals surface area contributed by atoms with Crippen LogP contribution >= 0.6 is 23.1 Å². The standard InChI is InChI=1S/C23H26N6O2S2/c1-3-31-16-11-9-15(10-12-16)20-27-28-23(29(20)25)32-14(2)21(30)26-22-18(13-24)17-7-5-4-6-8-19(17)33-22/h9-12,14H,3-8,25H2,1-2H3,(H,26,30). The Labute approximate surface area is 201 Å². The van der Waals surface area contributed by atoms with E-state index in [4.69, 9.17) is 10.6 Å². The molecule has 0 saturated carbocycles. The molecule has 4 rings (SSSR count). The van der Waals surface area contributed by atoms with Crippen molar-refractivity contribution >= 4 is 34.0 Å². The maximum atomic E-state index is 12.9. The van der Waals surface area contributed by atoms with Gasteiger partial charge in [-0.2, -0.15) is 5.26 Å². The maximum absolute atomic E-state index is 12.9. The van der Waals surface area contributed by atoms with E-state index in [-0.39, 0.29) is 5.91 Å². The summed E-state index contributed by atoms with van der Waals surface area (Å²) in [5.74, 6) is 7.30. The number of hydrogen-bond acceptors (Lipinski definition) is 8. The Balaban J connectivity index is 1.45. The lowest BCUT2D eigenvalue weighted by Crippen LogP contribution is -2.23. The monoisotopic (exact) mass is 482 g/mol. The fourth-order valence-corrected chi connectivity index (χ4v) is 5.81. The Morgan fingerprint density at radius 2 is 2.06 bits per heavy atom. The molecule has 1 aliphatic carbocycles. The molecule has 0 fully saturated rings. The van der Waals surface area contributed by atoms with E-state index in [0.29, 0.717) is 28.2 Å². The summed E-state index contributed by atoms with van der Waals surface area (Å²) in [6, 6.07) is 9.74. The number of aromatic nitrogens is 3. The minimum absolute atomic E-state index is 0.196. The van der Waals surface area contributed by atoms with Gasteiger partial charge in [0.2, 0.25) is 11.1 Å². The molecule has 8 nitrogen and oxygen atoms in total. The number of fused-ring (bicyclic) bond motifs is 1. The molecule has 1 amide bonds. The van der Waals surface area contributed by atoms with E-state index < -0.39 is 5.25 Å². The number of thioether (sulfide) groups is 1. The highest BCUT2D eigenvalue weighted by Gasteiger charge is 2.24. The molecule has 1 aliphatic rings. The van der Waals surface area contributed by atoms with Crippen LogP contribution in [0.3, 0.4) is 0 Å². The summed E-state index contributed by atoms with van der Waals surface area (Å²) in [5, 5.41) is 21.6. The van der Waals surface area contributed by atoms with Crippen LogP contribution in [0.15, 0.2) is 29.4 Å². The minimum Gasteiger partial charge on any atom is -0.494 e. The molecule has 3 N–H and O–H groups in total. The molecule has 0 aliphatic heterocycles. The smallest absolute Gasteiger partial charge is 0.238 e. The molecule has 2 aromatic heterocycles. The lowest BCUT2D eigenvalue weighted by atomic mass is 10.1. The first-order valence-corrected chi connectivity index (χ1v) is 12.7. The van der Waals surface area contributed by atoms with Crippen LogP contribution in [0.2, 0.25) is 0 Å². The topological polar surface area (TPSA) is 119 Å². The lowest BCUT2D eigenvalue weighted by molar-refractivity contribution is -0.115. The summed E-state index contributed by atoms with van der Waals surface area (Å²) in [6.07, 6.45) is 5.26. The second-order valence-electron chi connectivity index (χ2n) is 7.76. The fourth-order valence-electron chi connectivity index (χ4n) is 3.80. The number of hydrogen-bond donors (Lipinski definition) is 2.